The second kappa shape index (κ2) is 6.19. The molecule has 1 saturated carbocycles. The van der Waals surface area contributed by atoms with Gasteiger partial charge in [0.15, 0.2) is 11.6 Å². The summed E-state index contributed by atoms with van der Waals surface area (Å²) in [6, 6.07) is 5.40. The third kappa shape index (κ3) is 2.83. The van der Waals surface area contributed by atoms with Gasteiger partial charge in [0.05, 0.1) is 7.11 Å². The summed E-state index contributed by atoms with van der Waals surface area (Å²) in [4.78, 5) is 0. The van der Waals surface area contributed by atoms with Crippen LogP contribution < -0.4 is 10.1 Å². The van der Waals surface area contributed by atoms with Gasteiger partial charge in [0.1, 0.15) is 0 Å². The van der Waals surface area contributed by atoms with E-state index in [2.05, 4.69) is 12.2 Å². The van der Waals surface area contributed by atoms with Crippen molar-refractivity contribution in [3.63, 3.8) is 0 Å². The number of hydrogen-bond donors (Lipinski definition) is 1. The van der Waals surface area contributed by atoms with Crippen LogP contribution in [0.3, 0.4) is 0 Å². The lowest BCUT2D eigenvalue weighted by Crippen LogP contribution is -2.24. The molecular formula is C15H22FNO. The molecule has 1 aliphatic rings. The van der Waals surface area contributed by atoms with Crippen LogP contribution in [0.5, 0.6) is 5.75 Å². The molecule has 0 amide bonds. The number of halogens is 1. The standard InChI is InChI=1S/C15H22FNO/c1-3-17-10-12-5-4-6-13(12)11-7-8-15(18-2)14(16)9-11/h7-9,12-13,17H,3-6,10H2,1-2H3. The van der Waals surface area contributed by atoms with Crippen LogP contribution in [0.15, 0.2) is 18.2 Å². The zero-order valence-electron chi connectivity index (χ0n) is 11.2. The van der Waals surface area contributed by atoms with E-state index in [-0.39, 0.29) is 5.82 Å². The maximum Gasteiger partial charge on any atom is 0.165 e. The summed E-state index contributed by atoms with van der Waals surface area (Å²) < 4.78 is 18.7. The molecule has 2 nitrogen and oxygen atoms in total. The van der Waals surface area contributed by atoms with Crippen LogP contribution in [0, 0.1) is 11.7 Å². The van der Waals surface area contributed by atoms with Gasteiger partial charge in [-0.05, 0) is 55.5 Å². The molecule has 0 bridgehead atoms. The quantitative estimate of drug-likeness (QED) is 0.866. The van der Waals surface area contributed by atoms with Crippen molar-refractivity contribution in [2.24, 2.45) is 5.92 Å². The van der Waals surface area contributed by atoms with Crippen molar-refractivity contribution < 1.29 is 9.13 Å². The van der Waals surface area contributed by atoms with Crippen molar-refractivity contribution in [1.29, 1.82) is 0 Å². The number of hydrogen-bond acceptors (Lipinski definition) is 2. The zero-order valence-corrected chi connectivity index (χ0v) is 11.2. The van der Waals surface area contributed by atoms with Crippen molar-refractivity contribution in [2.75, 3.05) is 20.2 Å². The topological polar surface area (TPSA) is 21.3 Å². The Bertz CT molecular complexity index is 394. The largest absolute Gasteiger partial charge is 0.494 e. The first-order valence-corrected chi connectivity index (χ1v) is 6.80. The Morgan fingerprint density at radius 1 is 1.39 bits per heavy atom. The molecule has 1 aromatic carbocycles. The van der Waals surface area contributed by atoms with E-state index < -0.39 is 0 Å². The number of benzene rings is 1. The number of methoxy groups -OCH3 is 1. The van der Waals surface area contributed by atoms with Gasteiger partial charge in [-0.15, -0.1) is 0 Å². The molecule has 2 unspecified atom stereocenters. The zero-order chi connectivity index (χ0) is 13.0. The molecular weight excluding hydrogens is 229 g/mol. The summed E-state index contributed by atoms with van der Waals surface area (Å²) in [6.45, 7) is 4.16. The van der Waals surface area contributed by atoms with Crippen molar-refractivity contribution in [3.8, 4) is 5.75 Å². The summed E-state index contributed by atoms with van der Waals surface area (Å²) in [5.74, 6) is 1.21. The lowest BCUT2D eigenvalue weighted by molar-refractivity contribution is 0.384. The van der Waals surface area contributed by atoms with Crippen LogP contribution in [0.1, 0.15) is 37.7 Å². The highest BCUT2D eigenvalue weighted by Gasteiger charge is 2.28. The highest BCUT2D eigenvalue weighted by atomic mass is 19.1. The SMILES string of the molecule is CCNCC1CCCC1c1ccc(OC)c(F)c1. The molecule has 0 radical (unpaired) electrons. The molecule has 1 aromatic rings. The normalized spacial score (nSPS) is 23.3. The summed E-state index contributed by atoms with van der Waals surface area (Å²) in [6.07, 6.45) is 3.65. The third-order valence-corrected chi connectivity index (χ3v) is 3.92. The smallest absolute Gasteiger partial charge is 0.165 e. The number of rotatable bonds is 5. The Balaban J connectivity index is 2.12. The Morgan fingerprint density at radius 3 is 2.89 bits per heavy atom. The highest BCUT2D eigenvalue weighted by Crippen LogP contribution is 2.40. The van der Waals surface area contributed by atoms with Gasteiger partial charge < -0.3 is 10.1 Å². The van der Waals surface area contributed by atoms with Crippen LogP contribution >= 0.6 is 0 Å². The molecule has 0 aliphatic heterocycles. The van der Waals surface area contributed by atoms with Gasteiger partial charge >= 0.3 is 0 Å². The fourth-order valence-corrected chi connectivity index (χ4v) is 2.96. The molecule has 1 aliphatic carbocycles. The molecule has 1 N–H and O–H groups in total. The van der Waals surface area contributed by atoms with Crippen LogP contribution in [0.25, 0.3) is 0 Å². The Hall–Kier alpha value is -1.09. The van der Waals surface area contributed by atoms with E-state index in [1.54, 1.807) is 12.1 Å². The van der Waals surface area contributed by atoms with Gasteiger partial charge in [-0.1, -0.05) is 19.4 Å². The van der Waals surface area contributed by atoms with E-state index in [1.165, 1.54) is 26.4 Å². The second-order valence-electron chi connectivity index (χ2n) is 5.00. The minimum atomic E-state index is -0.246. The summed E-state index contributed by atoms with van der Waals surface area (Å²) in [7, 11) is 1.50. The lowest BCUT2D eigenvalue weighted by atomic mass is 9.88. The fraction of sp³-hybridized carbons (Fsp3) is 0.600. The third-order valence-electron chi connectivity index (χ3n) is 3.92. The second-order valence-corrected chi connectivity index (χ2v) is 5.00. The van der Waals surface area contributed by atoms with E-state index >= 15 is 0 Å². The molecule has 0 saturated heterocycles. The Labute approximate surface area is 109 Å². The molecule has 3 heteroatoms. The molecule has 2 atom stereocenters. The van der Waals surface area contributed by atoms with Crippen LogP contribution in [0.2, 0.25) is 0 Å². The first-order valence-electron chi connectivity index (χ1n) is 6.80. The highest BCUT2D eigenvalue weighted by molar-refractivity contribution is 5.32. The lowest BCUT2D eigenvalue weighted by Gasteiger charge is -2.20. The summed E-state index contributed by atoms with van der Waals surface area (Å²) in [5, 5.41) is 3.41. The minimum Gasteiger partial charge on any atom is -0.494 e. The average molecular weight is 251 g/mol. The minimum absolute atomic E-state index is 0.246. The van der Waals surface area contributed by atoms with E-state index in [0.717, 1.165) is 18.7 Å². The van der Waals surface area contributed by atoms with Crippen molar-refractivity contribution in [1.82, 2.24) is 5.32 Å². The van der Waals surface area contributed by atoms with Gasteiger partial charge in [-0.3, -0.25) is 0 Å². The maximum atomic E-state index is 13.7. The molecule has 100 valence electrons. The first kappa shape index (κ1) is 13.3. The van der Waals surface area contributed by atoms with Crippen molar-refractivity contribution in [3.05, 3.63) is 29.6 Å². The van der Waals surface area contributed by atoms with E-state index in [0.29, 0.717) is 17.6 Å². The van der Waals surface area contributed by atoms with Crippen LogP contribution in [0.4, 0.5) is 4.39 Å². The fourth-order valence-electron chi connectivity index (χ4n) is 2.96. The predicted octanol–water partition coefficient (Wildman–Crippen LogP) is 3.33. The van der Waals surface area contributed by atoms with Gasteiger partial charge in [0.2, 0.25) is 0 Å². The van der Waals surface area contributed by atoms with Crippen LogP contribution in [-0.4, -0.2) is 20.2 Å². The maximum absolute atomic E-state index is 13.7. The molecule has 0 heterocycles. The monoisotopic (exact) mass is 251 g/mol. The van der Waals surface area contributed by atoms with Gasteiger partial charge in [0, 0.05) is 0 Å². The average Bonchev–Trinajstić information content (AvgIpc) is 2.84. The number of nitrogens with one attached hydrogen (secondary N) is 1. The Morgan fingerprint density at radius 2 is 2.22 bits per heavy atom. The predicted molar refractivity (Wildman–Crippen MR) is 71.6 cm³/mol. The van der Waals surface area contributed by atoms with Crippen molar-refractivity contribution in [2.45, 2.75) is 32.1 Å². The molecule has 0 spiro atoms. The molecule has 1 fully saturated rings. The Kier molecular flexibility index (Phi) is 4.59. The van der Waals surface area contributed by atoms with E-state index in [9.17, 15) is 4.39 Å². The summed E-state index contributed by atoms with van der Waals surface area (Å²) >= 11 is 0. The van der Waals surface area contributed by atoms with Crippen molar-refractivity contribution >= 4 is 0 Å². The van der Waals surface area contributed by atoms with E-state index in [1.807, 2.05) is 6.07 Å². The van der Waals surface area contributed by atoms with E-state index in [4.69, 9.17) is 4.74 Å². The van der Waals surface area contributed by atoms with Gasteiger partial charge in [0.25, 0.3) is 0 Å². The first-order chi connectivity index (χ1) is 8.76. The van der Waals surface area contributed by atoms with Crippen LogP contribution in [-0.2, 0) is 0 Å². The number of ether oxygens (including phenoxy) is 1. The summed E-state index contributed by atoms with van der Waals surface area (Å²) in [5.41, 5.74) is 1.12. The molecule has 0 aromatic heterocycles. The van der Waals surface area contributed by atoms with Gasteiger partial charge in [-0.25, -0.2) is 4.39 Å². The van der Waals surface area contributed by atoms with Gasteiger partial charge in [-0.2, -0.15) is 0 Å². The molecule has 2 rings (SSSR count). The molecule has 18 heavy (non-hydrogen) atoms.